The Morgan fingerprint density at radius 3 is 2.94 bits per heavy atom. The van der Waals surface area contributed by atoms with Crippen molar-refractivity contribution in [2.45, 2.75) is 39.8 Å². The van der Waals surface area contributed by atoms with E-state index in [0.29, 0.717) is 31.1 Å². The fourth-order valence-electron chi connectivity index (χ4n) is 4.20. The van der Waals surface area contributed by atoms with Crippen molar-refractivity contribution < 1.29 is 14.3 Å². The Bertz CT molecular complexity index is 1150. The minimum atomic E-state index is -0.0588. The number of rotatable bonds is 5. The topological polar surface area (TPSA) is 82.4 Å². The van der Waals surface area contributed by atoms with Crippen LogP contribution >= 0.6 is 0 Å². The lowest BCUT2D eigenvalue weighted by atomic mass is 10.0. The first-order chi connectivity index (χ1) is 15.0. The Labute approximate surface area is 180 Å². The second-order valence-corrected chi connectivity index (χ2v) is 7.95. The summed E-state index contributed by atoms with van der Waals surface area (Å²) in [4.78, 5) is 24.1. The van der Waals surface area contributed by atoms with Crippen LogP contribution < -0.4 is 9.64 Å². The van der Waals surface area contributed by atoms with E-state index in [1.807, 2.05) is 49.8 Å². The van der Waals surface area contributed by atoms with Gasteiger partial charge in [-0.25, -0.2) is 0 Å². The Morgan fingerprint density at radius 1 is 1.29 bits per heavy atom. The van der Waals surface area contributed by atoms with Gasteiger partial charge in [-0.1, -0.05) is 0 Å². The average Bonchev–Trinajstić information content (AvgIpc) is 3.49. The van der Waals surface area contributed by atoms with Crippen molar-refractivity contribution in [3.63, 3.8) is 0 Å². The smallest absolute Gasteiger partial charge is 0.262 e. The number of fused-ring (bicyclic) bond motifs is 1. The highest BCUT2D eigenvalue weighted by Crippen LogP contribution is 2.33. The minimum absolute atomic E-state index is 0.0588. The number of aromatic nitrogens is 4. The molecule has 3 aromatic rings. The number of carbonyl (C=O) groups is 1. The van der Waals surface area contributed by atoms with Crippen LogP contribution in [0.25, 0.3) is 11.3 Å². The number of ether oxygens (including phenoxy) is 2. The molecule has 5 rings (SSSR count). The lowest BCUT2D eigenvalue weighted by molar-refractivity contribution is 0.0995. The highest BCUT2D eigenvalue weighted by atomic mass is 16.5. The quantitative estimate of drug-likeness (QED) is 0.630. The summed E-state index contributed by atoms with van der Waals surface area (Å²) < 4.78 is 13.0. The maximum Gasteiger partial charge on any atom is 0.262 e. The Hall–Kier alpha value is -3.26. The van der Waals surface area contributed by atoms with Gasteiger partial charge in [0.2, 0.25) is 0 Å². The van der Waals surface area contributed by atoms with Crippen LogP contribution in [0.15, 0.2) is 30.6 Å². The van der Waals surface area contributed by atoms with Crippen molar-refractivity contribution >= 4 is 11.7 Å². The van der Waals surface area contributed by atoms with Crippen LogP contribution in [0.2, 0.25) is 0 Å². The van der Waals surface area contributed by atoms with Gasteiger partial charge in [0.25, 0.3) is 5.91 Å². The molecule has 0 unspecified atom stereocenters. The molecule has 0 bridgehead atoms. The standard InChI is InChI=1S/C23H25N5O3/c1-4-31-20-10-16(11-24-15(20)3)18-9-14(2)22-19(25-18)12-27(23(22)29)21-5-7-28(26-21)17-6-8-30-13-17/h5,7,9-11,17H,4,6,8,12-13H2,1-3H3/t17-/m0/s1. The molecule has 1 fully saturated rings. The summed E-state index contributed by atoms with van der Waals surface area (Å²) in [6.45, 7) is 8.20. The predicted molar refractivity (Wildman–Crippen MR) is 115 cm³/mol. The van der Waals surface area contributed by atoms with Gasteiger partial charge in [0, 0.05) is 30.6 Å². The van der Waals surface area contributed by atoms with E-state index in [9.17, 15) is 4.79 Å². The Morgan fingerprint density at radius 2 is 2.16 bits per heavy atom. The molecule has 0 spiro atoms. The van der Waals surface area contributed by atoms with Crippen LogP contribution in [-0.2, 0) is 11.3 Å². The highest BCUT2D eigenvalue weighted by molar-refractivity contribution is 6.10. The summed E-state index contributed by atoms with van der Waals surface area (Å²) in [6, 6.07) is 6.02. The molecule has 1 atom stereocenters. The minimum Gasteiger partial charge on any atom is -0.492 e. The first kappa shape index (κ1) is 19.7. The lowest BCUT2D eigenvalue weighted by Gasteiger charge is -2.12. The number of pyridine rings is 2. The monoisotopic (exact) mass is 419 g/mol. The van der Waals surface area contributed by atoms with Gasteiger partial charge in [-0.2, -0.15) is 5.10 Å². The van der Waals surface area contributed by atoms with E-state index in [0.717, 1.165) is 47.0 Å². The molecule has 0 radical (unpaired) electrons. The molecule has 5 heterocycles. The first-order valence-electron chi connectivity index (χ1n) is 10.6. The molecule has 160 valence electrons. The Balaban J connectivity index is 1.45. The molecule has 0 saturated carbocycles. The summed E-state index contributed by atoms with van der Waals surface area (Å²) in [5.74, 6) is 1.34. The van der Waals surface area contributed by atoms with Gasteiger partial charge in [-0.15, -0.1) is 0 Å². The van der Waals surface area contributed by atoms with Crippen molar-refractivity contribution in [1.82, 2.24) is 19.7 Å². The molecule has 1 saturated heterocycles. The van der Waals surface area contributed by atoms with Gasteiger partial charge in [0.1, 0.15) is 5.75 Å². The van der Waals surface area contributed by atoms with E-state index in [1.165, 1.54) is 0 Å². The molecule has 8 heteroatoms. The number of amides is 1. The SMILES string of the molecule is CCOc1cc(-c2cc(C)c3c(n2)CN(c2ccn([C@H]4CCOC4)n2)C3=O)cnc1C. The van der Waals surface area contributed by atoms with Gasteiger partial charge in [0.15, 0.2) is 5.82 Å². The molecule has 2 aliphatic heterocycles. The van der Waals surface area contributed by atoms with Crippen molar-refractivity contribution in [1.29, 1.82) is 0 Å². The largest absolute Gasteiger partial charge is 0.492 e. The van der Waals surface area contributed by atoms with Crippen LogP contribution in [0.3, 0.4) is 0 Å². The zero-order valence-electron chi connectivity index (χ0n) is 18.0. The predicted octanol–water partition coefficient (Wildman–Crippen LogP) is 3.48. The summed E-state index contributed by atoms with van der Waals surface area (Å²) >= 11 is 0. The number of anilines is 1. The van der Waals surface area contributed by atoms with Crippen LogP contribution in [0.1, 0.15) is 46.7 Å². The number of nitrogens with zero attached hydrogens (tertiary/aromatic N) is 5. The van der Waals surface area contributed by atoms with E-state index in [4.69, 9.17) is 14.5 Å². The highest BCUT2D eigenvalue weighted by Gasteiger charge is 2.33. The van der Waals surface area contributed by atoms with Crippen LogP contribution in [0, 0.1) is 13.8 Å². The second kappa shape index (κ2) is 7.77. The van der Waals surface area contributed by atoms with E-state index < -0.39 is 0 Å². The van der Waals surface area contributed by atoms with Gasteiger partial charge >= 0.3 is 0 Å². The third kappa shape index (κ3) is 3.46. The van der Waals surface area contributed by atoms with E-state index in [-0.39, 0.29) is 11.9 Å². The van der Waals surface area contributed by atoms with E-state index in [2.05, 4.69) is 10.1 Å². The maximum absolute atomic E-state index is 13.2. The molecule has 2 aliphatic rings. The third-order valence-corrected chi connectivity index (χ3v) is 5.85. The van der Waals surface area contributed by atoms with Gasteiger partial charge in [-0.05, 0) is 44.9 Å². The fourth-order valence-corrected chi connectivity index (χ4v) is 4.20. The van der Waals surface area contributed by atoms with E-state index in [1.54, 1.807) is 11.1 Å². The third-order valence-electron chi connectivity index (χ3n) is 5.85. The molecule has 31 heavy (non-hydrogen) atoms. The van der Waals surface area contributed by atoms with E-state index >= 15 is 0 Å². The number of aryl methyl sites for hydroxylation is 2. The number of carbonyl (C=O) groups excluding carboxylic acids is 1. The second-order valence-electron chi connectivity index (χ2n) is 7.95. The Kier molecular flexibility index (Phi) is 4.94. The lowest BCUT2D eigenvalue weighted by Crippen LogP contribution is -2.24. The molecule has 1 amide bonds. The van der Waals surface area contributed by atoms with Crippen molar-refractivity contribution in [2.24, 2.45) is 0 Å². The van der Waals surface area contributed by atoms with Crippen molar-refractivity contribution in [3.05, 3.63) is 53.1 Å². The number of hydrogen-bond donors (Lipinski definition) is 0. The summed E-state index contributed by atoms with van der Waals surface area (Å²) in [5.41, 5.74) is 4.82. The summed E-state index contributed by atoms with van der Waals surface area (Å²) in [5, 5.41) is 4.65. The molecular weight excluding hydrogens is 394 g/mol. The summed E-state index contributed by atoms with van der Waals surface area (Å²) in [6.07, 6.45) is 4.66. The molecule has 0 aromatic carbocycles. The number of hydrogen-bond acceptors (Lipinski definition) is 6. The molecule has 0 aliphatic carbocycles. The van der Waals surface area contributed by atoms with Gasteiger partial charge < -0.3 is 9.47 Å². The molecule has 8 nitrogen and oxygen atoms in total. The maximum atomic E-state index is 13.2. The van der Waals surface area contributed by atoms with Crippen LogP contribution in [-0.4, -0.2) is 45.5 Å². The molecular formula is C23H25N5O3. The first-order valence-corrected chi connectivity index (χ1v) is 10.6. The van der Waals surface area contributed by atoms with Crippen molar-refractivity contribution in [3.8, 4) is 17.0 Å². The summed E-state index contributed by atoms with van der Waals surface area (Å²) in [7, 11) is 0. The average molecular weight is 419 g/mol. The van der Waals surface area contributed by atoms with Gasteiger partial charge in [0.05, 0.1) is 48.4 Å². The zero-order chi connectivity index (χ0) is 21.5. The normalized spacial score (nSPS) is 18.0. The fraction of sp³-hybridized carbons (Fsp3) is 0.391. The zero-order valence-corrected chi connectivity index (χ0v) is 18.0. The van der Waals surface area contributed by atoms with Gasteiger partial charge in [-0.3, -0.25) is 24.3 Å². The van der Waals surface area contributed by atoms with Crippen LogP contribution in [0.4, 0.5) is 5.82 Å². The van der Waals surface area contributed by atoms with Crippen molar-refractivity contribution in [2.75, 3.05) is 24.7 Å². The van der Waals surface area contributed by atoms with Crippen LogP contribution in [0.5, 0.6) is 5.75 Å². The molecule has 3 aromatic heterocycles. The molecule has 0 N–H and O–H groups in total.